The van der Waals surface area contributed by atoms with Crippen LogP contribution in [-0.2, 0) is 5.41 Å². The number of likely N-dealkylation sites (tertiary alicyclic amines) is 1. The lowest BCUT2D eigenvalue weighted by Gasteiger charge is -2.44. The van der Waals surface area contributed by atoms with Crippen molar-refractivity contribution in [1.82, 2.24) is 4.90 Å². The molecule has 0 aromatic heterocycles. The van der Waals surface area contributed by atoms with Gasteiger partial charge >= 0.3 is 0 Å². The third-order valence-electron chi connectivity index (χ3n) is 4.05. The van der Waals surface area contributed by atoms with E-state index in [1.807, 2.05) is 0 Å². The van der Waals surface area contributed by atoms with Crippen LogP contribution in [0.25, 0.3) is 0 Å². The van der Waals surface area contributed by atoms with Crippen molar-refractivity contribution >= 4 is 24.0 Å². The Balaban J connectivity index is 0.00000144. The van der Waals surface area contributed by atoms with Crippen LogP contribution in [0, 0.1) is 5.92 Å². The molecule has 2 rings (SSSR count). The van der Waals surface area contributed by atoms with Crippen molar-refractivity contribution in [3.05, 3.63) is 48.6 Å². The lowest BCUT2D eigenvalue weighted by atomic mass is 9.67. The van der Waals surface area contributed by atoms with Crippen LogP contribution >= 0.6 is 24.0 Å². The highest BCUT2D eigenvalue weighted by Crippen LogP contribution is 2.40. The van der Waals surface area contributed by atoms with E-state index < -0.39 is 0 Å². The zero-order valence-electron chi connectivity index (χ0n) is 10.7. The van der Waals surface area contributed by atoms with Gasteiger partial charge in [-0.15, -0.1) is 30.6 Å². The lowest BCUT2D eigenvalue weighted by Crippen LogP contribution is -2.46. The van der Waals surface area contributed by atoms with Gasteiger partial charge in [-0.2, -0.15) is 0 Å². The van der Waals surface area contributed by atoms with Crippen molar-refractivity contribution in [2.45, 2.75) is 18.8 Å². The van der Waals surface area contributed by atoms with Crippen LogP contribution in [0.5, 0.6) is 0 Å². The Hall–Kier alpha value is -0.350. The molecule has 0 spiro atoms. The third-order valence-corrected chi connectivity index (χ3v) is 4.05. The molecule has 17 heavy (non-hydrogen) atoms. The molecule has 94 valence electrons. The molecule has 1 fully saturated rings. The average Bonchev–Trinajstić information content (AvgIpc) is 2.31. The molecule has 0 bridgehead atoms. The molecular formula is C15H22IN. The summed E-state index contributed by atoms with van der Waals surface area (Å²) in [5.41, 5.74) is 1.60. The second kappa shape index (κ2) is 6.01. The minimum Gasteiger partial charge on any atom is -0.306 e. The normalized spacial score (nSPS) is 29.4. The highest BCUT2D eigenvalue weighted by molar-refractivity contribution is 14.0. The van der Waals surface area contributed by atoms with Crippen LogP contribution in [0.15, 0.2) is 43.0 Å². The second-order valence-electron chi connectivity index (χ2n) is 5.02. The average molecular weight is 343 g/mol. The molecule has 1 aliphatic heterocycles. The molecule has 1 aromatic carbocycles. The maximum absolute atomic E-state index is 4.09. The van der Waals surface area contributed by atoms with Crippen LogP contribution < -0.4 is 0 Å². The molecule has 0 aliphatic carbocycles. The van der Waals surface area contributed by atoms with Gasteiger partial charge in [0.05, 0.1) is 0 Å². The van der Waals surface area contributed by atoms with Gasteiger partial charge in [0, 0.05) is 12.0 Å². The highest BCUT2D eigenvalue weighted by atomic mass is 127. The first-order valence-corrected chi connectivity index (χ1v) is 6.07. The Kier molecular flexibility index (Phi) is 5.20. The lowest BCUT2D eigenvalue weighted by molar-refractivity contribution is 0.153. The summed E-state index contributed by atoms with van der Waals surface area (Å²) in [6.45, 7) is 8.74. The van der Waals surface area contributed by atoms with Crippen molar-refractivity contribution < 1.29 is 0 Å². The van der Waals surface area contributed by atoms with Gasteiger partial charge in [0.25, 0.3) is 0 Å². The van der Waals surface area contributed by atoms with Crippen molar-refractivity contribution in [2.75, 3.05) is 20.1 Å². The first-order chi connectivity index (χ1) is 7.69. The largest absolute Gasteiger partial charge is 0.306 e. The summed E-state index contributed by atoms with van der Waals surface area (Å²) < 4.78 is 0. The summed E-state index contributed by atoms with van der Waals surface area (Å²) >= 11 is 0. The predicted octanol–water partition coefficient (Wildman–Crippen LogP) is 3.70. The third kappa shape index (κ3) is 2.74. The maximum Gasteiger partial charge on any atom is 0.0179 e. The monoisotopic (exact) mass is 343 g/mol. The molecule has 1 saturated heterocycles. The van der Waals surface area contributed by atoms with E-state index in [1.165, 1.54) is 12.0 Å². The number of hydrogen-bond acceptors (Lipinski definition) is 1. The fourth-order valence-corrected chi connectivity index (χ4v) is 2.94. The molecule has 2 unspecified atom stereocenters. The summed E-state index contributed by atoms with van der Waals surface area (Å²) in [6, 6.07) is 10.8. The molecule has 1 nitrogen and oxygen atoms in total. The van der Waals surface area contributed by atoms with Crippen LogP contribution in [0.3, 0.4) is 0 Å². The molecule has 2 atom stereocenters. The van der Waals surface area contributed by atoms with Crippen LogP contribution in [0.2, 0.25) is 0 Å². The highest BCUT2D eigenvalue weighted by Gasteiger charge is 2.38. The number of allylic oxidation sites excluding steroid dienone is 1. The van der Waals surface area contributed by atoms with E-state index in [-0.39, 0.29) is 29.4 Å². The standard InChI is InChI=1S/C15H21N.HI/c1-4-15(14-8-6-5-7-9-14)10-11-16(3)12-13(15)2;/h4-9,13H,1,10-12H2,2-3H3;1H. The Morgan fingerprint density at radius 2 is 2.00 bits per heavy atom. The molecule has 1 heterocycles. The summed E-state index contributed by atoms with van der Waals surface area (Å²) in [5.74, 6) is 0.631. The molecule has 1 aliphatic rings. The minimum atomic E-state index is 0. The number of rotatable bonds is 2. The molecule has 0 amide bonds. The number of benzene rings is 1. The first-order valence-electron chi connectivity index (χ1n) is 6.07. The van der Waals surface area contributed by atoms with E-state index >= 15 is 0 Å². The van der Waals surface area contributed by atoms with E-state index in [2.05, 4.69) is 61.9 Å². The van der Waals surface area contributed by atoms with Gasteiger partial charge in [0.2, 0.25) is 0 Å². The van der Waals surface area contributed by atoms with Gasteiger partial charge in [0.15, 0.2) is 0 Å². The molecule has 0 N–H and O–H groups in total. The van der Waals surface area contributed by atoms with Crippen molar-refractivity contribution in [2.24, 2.45) is 5.92 Å². The SMILES string of the molecule is C=CC1(c2ccccc2)CCN(C)CC1C.I. The Bertz CT molecular complexity index is 362. The van der Waals surface area contributed by atoms with Crippen molar-refractivity contribution in [3.63, 3.8) is 0 Å². The van der Waals surface area contributed by atoms with E-state index in [0.717, 1.165) is 13.1 Å². The van der Waals surface area contributed by atoms with E-state index in [9.17, 15) is 0 Å². The molecule has 0 saturated carbocycles. The van der Waals surface area contributed by atoms with Crippen LogP contribution in [0.4, 0.5) is 0 Å². The minimum absolute atomic E-state index is 0. The molecule has 1 aromatic rings. The number of halogens is 1. The van der Waals surface area contributed by atoms with E-state index in [1.54, 1.807) is 0 Å². The van der Waals surface area contributed by atoms with Gasteiger partial charge in [-0.1, -0.05) is 43.3 Å². The summed E-state index contributed by atoms with van der Waals surface area (Å²) in [5, 5.41) is 0. The predicted molar refractivity (Wildman–Crippen MR) is 85.0 cm³/mol. The smallest absolute Gasteiger partial charge is 0.0179 e. The van der Waals surface area contributed by atoms with Gasteiger partial charge in [-0.25, -0.2) is 0 Å². The fraction of sp³-hybridized carbons (Fsp3) is 0.467. The number of piperidine rings is 1. The first kappa shape index (κ1) is 14.7. The maximum atomic E-state index is 4.09. The quantitative estimate of drug-likeness (QED) is 0.585. The zero-order valence-corrected chi connectivity index (χ0v) is 13.1. The van der Waals surface area contributed by atoms with E-state index in [4.69, 9.17) is 0 Å². The molecule has 2 heteroatoms. The Labute approximate surface area is 122 Å². The summed E-state index contributed by atoms with van der Waals surface area (Å²) in [6.07, 6.45) is 3.35. The van der Waals surface area contributed by atoms with Crippen molar-refractivity contribution in [3.8, 4) is 0 Å². The van der Waals surface area contributed by atoms with Crippen LogP contribution in [0.1, 0.15) is 18.9 Å². The summed E-state index contributed by atoms with van der Waals surface area (Å²) in [7, 11) is 2.20. The Morgan fingerprint density at radius 1 is 1.35 bits per heavy atom. The number of nitrogens with zero attached hydrogens (tertiary/aromatic N) is 1. The molecular weight excluding hydrogens is 321 g/mol. The molecule has 0 radical (unpaired) electrons. The number of hydrogen-bond donors (Lipinski definition) is 0. The topological polar surface area (TPSA) is 3.24 Å². The fourth-order valence-electron chi connectivity index (χ4n) is 2.94. The summed E-state index contributed by atoms with van der Waals surface area (Å²) in [4.78, 5) is 2.41. The van der Waals surface area contributed by atoms with Gasteiger partial charge in [-0.05, 0) is 31.5 Å². The van der Waals surface area contributed by atoms with Crippen LogP contribution in [-0.4, -0.2) is 25.0 Å². The Morgan fingerprint density at radius 3 is 2.53 bits per heavy atom. The van der Waals surface area contributed by atoms with Crippen molar-refractivity contribution in [1.29, 1.82) is 0 Å². The zero-order chi connectivity index (χ0) is 11.6. The van der Waals surface area contributed by atoms with Gasteiger partial charge in [0.1, 0.15) is 0 Å². The van der Waals surface area contributed by atoms with E-state index in [0.29, 0.717) is 5.92 Å². The second-order valence-corrected chi connectivity index (χ2v) is 5.02. The van der Waals surface area contributed by atoms with Gasteiger partial charge in [-0.3, -0.25) is 0 Å². The van der Waals surface area contributed by atoms with Gasteiger partial charge < -0.3 is 4.90 Å².